The fourth-order valence-electron chi connectivity index (χ4n) is 7.50. The van der Waals surface area contributed by atoms with Gasteiger partial charge in [0.25, 0.3) is 0 Å². The molecule has 0 bridgehead atoms. The van der Waals surface area contributed by atoms with E-state index in [1.54, 1.807) is 0 Å². The Morgan fingerprint density at radius 3 is 0.541 bits per heavy atom. The summed E-state index contributed by atoms with van der Waals surface area (Å²) < 4.78 is 0. The van der Waals surface area contributed by atoms with E-state index in [1.165, 1.54) is 18.1 Å². The summed E-state index contributed by atoms with van der Waals surface area (Å²) in [4.78, 5) is 0. The zero-order chi connectivity index (χ0) is 30.6. The van der Waals surface area contributed by atoms with Crippen LogP contribution in [0.1, 0.15) is 145 Å². The van der Waals surface area contributed by atoms with Crippen LogP contribution < -0.4 is 0 Å². The summed E-state index contributed by atoms with van der Waals surface area (Å²) in [7, 11) is 4.48. The molecular weight excluding hydrogens is 637 g/mol. The molecule has 0 rings (SSSR count). The molecule has 0 unspecified atom stereocenters. The molecule has 0 atom stereocenters. The van der Waals surface area contributed by atoms with E-state index in [4.69, 9.17) is 10.0 Å². The summed E-state index contributed by atoms with van der Waals surface area (Å²) >= 11 is -0.0278. The van der Waals surface area contributed by atoms with Gasteiger partial charge in [0.2, 0.25) is 0 Å². The van der Waals surface area contributed by atoms with E-state index in [2.05, 4.69) is 145 Å². The van der Waals surface area contributed by atoms with Crippen molar-refractivity contribution in [3.8, 4) is 0 Å². The maximum atomic E-state index is 5.12. The quantitative estimate of drug-likeness (QED) is 0.256. The van der Waals surface area contributed by atoms with Crippen molar-refractivity contribution in [2.24, 2.45) is 0 Å². The standard InChI is InChI=1S/2C12H27Si.C6H15Si.CH3ClGe.Ge/c2*1-10(2,3)13(11(4,5)6)12(7,8)9;1-4-7(5-2)6-3;1-3-2;/h2*1-9H3;4-6H2,1-3H3;1H3;. The van der Waals surface area contributed by atoms with Gasteiger partial charge in [-0.2, -0.15) is 0 Å². The molecule has 0 amide bonds. The van der Waals surface area contributed by atoms with Gasteiger partial charge in [-0.1, -0.05) is 164 Å². The molecule has 0 aromatic rings. The fourth-order valence-corrected chi connectivity index (χ4v) is 22.5. The maximum absolute atomic E-state index is 5.12. The van der Waals surface area contributed by atoms with Gasteiger partial charge in [-0.3, -0.25) is 0 Å². The molecule has 0 N–H and O–H groups in total. The van der Waals surface area contributed by atoms with E-state index in [9.17, 15) is 0 Å². The molecule has 0 saturated carbocycles. The Hall–Kier alpha value is 2.03. The third-order valence-electron chi connectivity index (χ3n) is 6.00. The van der Waals surface area contributed by atoms with Crippen LogP contribution in [0.25, 0.3) is 0 Å². The van der Waals surface area contributed by atoms with Gasteiger partial charge in [0.15, 0.2) is 0 Å². The Morgan fingerprint density at radius 2 is 0.541 bits per heavy atom. The van der Waals surface area contributed by atoms with Crippen LogP contribution >= 0.6 is 10.0 Å². The molecule has 0 aliphatic rings. The number of hydrogen-bond donors (Lipinski definition) is 0. The van der Waals surface area contributed by atoms with Crippen molar-refractivity contribution in [2.75, 3.05) is 0 Å². The summed E-state index contributed by atoms with van der Waals surface area (Å²) in [5, 5.41) is 2.92. The second kappa shape index (κ2) is 20.0. The summed E-state index contributed by atoms with van der Waals surface area (Å²) in [5.74, 6) is 2.02. The van der Waals surface area contributed by atoms with Crippen molar-refractivity contribution < 1.29 is 0 Å². The minimum absolute atomic E-state index is 0. The summed E-state index contributed by atoms with van der Waals surface area (Å²) in [5.41, 5.74) is 0. The van der Waals surface area contributed by atoms with Crippen molar-refractivity contribution in [3.63, 3.8) is 0 Å². The number of hydrogen-bond acceptors (Lipinski definition) is 0. The van der Waals surface area contributed by atoms with Crippen LogP contribution in [0.2, 0.25) is 54.1 Å². The van der Waals surface area contributed by atoms with E-state index in [1.807, 2.05) is 5.76 Å². The van der Waals surface area contributed by atoms with Crippen LogP contribution in [0.5, 0.6) is 0 Å². The van der Waals surface area contributed by atoms with E-state index in [0.717, 1.165) is 0 Å². The first-order chi connectivity index (χ1) is 15.5. The molecule has 0 spiro atoms. The van der Waals surface area contributed by atoms with Crippen molar-refractivity contribution >= 4 is 68.5 Å². The number of rotatable bonds is 3. The topological polar surface area (TPSA) is 0 Å². The molecule has 0 aromatic carbocycles. The fraction of sp³-hybridized carbons (Fsp3) is 1.00. The molecule has 9 radical (unpaired) electrons. The predicted octanol–water partition coefficient (Wildman–Crippen LogP) is 12.8. The van der Waals surface area contributed by atoms with Crippen molar-refractivity contribution in [1.82, 2.24) is 0 Å². The molecule has 0 aromatic heterocycles. The average Bonchev–Trinajstić information content (AvgIpc) is 2.49. The SMILES string of the molecule is CC(C)(C)[Si](C(C)(C)C)C(C)(C)C.CC(C)(C)[Si](C(C)(C)C)C(C)(C)C.CC[Si](CC)CC.[CH3][Ge][Cl].[Ge]. The van der Waals surface area contributed by atoms with E-state index < -0.39 is 17.6 Å². The van der Waals surface area contributed by atoms with Crippen LogP contribution in [0.15, 0.2) is 0 Å². The molecule has 0 aliphatic carbocycles. The Bertz CT molecular complexity index is 408. The van der Waals surface area contributed by atoms with Crippen molar-refractivity contribution in [2.45, 2.75) is 200 Å². The second-order valence-electron chi connectivity index (χ2n) is 16.2. The Morgan fingerprint density at radius 1 is 0.432 bits per heavy atom. The van der Waals surface area contributed by atoms with E-state index in [-0.39, 0.29) is 40.9 Å². The minimum atomic E-state index is -0.391. The molecule has 0 nitrogen and oxygen atoms in total. The Balaban J connectivity index is -0.000000134. The molecule has 223 valence electrons. The van der Waals surface area contributed by atoms with Crippen molar-refractivity contribution in [3.05, 3.63) is 0 Å². The predicted molar refractivity (Wildman–Crippen MR) is 190 cm³/mol. The first kappa shape index (κ1) is 48.7. The van der Waals surface area contributed by atoms with Gasteiger partial charge in [-0.15, -0.1) is 0 Å². The average molecular weight is 710 g/mol. The molecule has 0 heterocycles. The second-order valence-corrected chi connectivity index (χ2v) is 33.1. The van der Waals surface area contributed by atoms with Crippen LogP contribution in [0.3, 0.4) is 0 Å². The van der Waals surface area contributed by atoms with Gasteiger partial charge in [-0.25, -0.2) is 0 Å². The van der Waals surface area contributed by atoms with Gasteiger partial charge < -0.3 is 0 Å². The first-order valence-corrected chi connectivity index (χ1v) is 24.3. The van der Waals surface area contributed by atoms with Crippen LogP contribution in [-0.4, -0.2) is 58.5 Å². The third-order valence-corrected chi connectivity index (χ3v) is 18.0. The zero-order valence-corrected chi connectivity index (χ0v) is 38.0. The summed E-state index contributed by atoms with van der Waals surface area (Å²) in [6.45, 7) is 50.1. The van der Waals surface area contributed by atoms with Gasteiger partial charge in [0.05, 0.1) is 17.6 Å². The monoisotopic (exact) mass is 711 g/mol. The van der Waals surface area contributed by atoms with Crippen molar-refractivity contribution in [1.29, 1.82) is 0 Å². The van der Waals surface area contributed by atoms with Gasteiger partial charge in [-0.05, 0) is 30.2 Å². The molecule has 6 heteroatoms. The number of halogens is 1. The van der Waals surface area contributed by atoms with Crippen LogP contribution in [-0.2, 0) is 0 Å². The van der Waals surface area contributed by atoms with Gasteiger partial charge >= 0.3 is 30.3 Å². The van der Waals surface area contributed by atoms with E-state index in [0.29, 0.717) is 30.2 Å². The normalized spacial score (nSPS) is 13.1. The summed E-state index contributed by atoms with van der Waals surface area (Å²) in [6, 6.07) is 4.37. The molecule has 0 fully saturated rings. The Kier molecular flexibility index (Phi) is 26.4. The molecule has 37 heavy (non-hydrogen) atoms. The largest absolute Gasteiger partial charge is 0 e. The smallest absolute Gasteiger partial charge is 0 e. The van der Waals surface area contributed by atoms with Gasteiger partial charge in [0, 0.05) is 26.4 Å². The van der Waals surface area contributed by atoms with Gasteiger partial charge in [0.1, 0.15) is 0 Å². The van der Waals surface area contributed by atoms with Crippen LogP contribution in [0, 0.1) is 0 Å². The first-order valence-electron chi connectivity index (χ1n) is 14.4. The Labute approximate surface area is 266 Å². The third kappa shape index (κ3) is 25.5. The zero-order valence-electron chi connectivity index (χ0n) is 30.0. The maximum Gasteiger partial charge on any atom is 0 e. The summed E-state index contributed by atoms with van der Waals surface area (Å²) in [6.07, 6.45) is 0. The molecule has 0 saturated heterocycles. The molecular formula is C31H72ClGe2Si3. The van der Waals surface area contributed by atoms with E-state index >= 15 is 0 Å². The minimum Gasteiger partial charge on any atom is 0 e. The molecule has 0 aliphatic heterocycles. The van der Waals surface area contributed by atoms with Crippen LogP contribution in [0.4, 0.5) is 0 Å².